The van der Waals surface area contributed by atoms with Gasteiger partial charge in [0.15, 0.2) is 0 Å². The van der Waals surface area contributed by atoms with Crippen molar-refractivity contribution in [1.82, 2.24) is 46.2 Å². The van der Waals surface area contributed by atoms with Crippen molar-refractivity contribution in [2.45, 2.75) is 76.4 Å². The molecule has 11 N–H and O–H groups in total. The number of nitrogens with zero attached hydrogens (tertiary/aromatic N) is 4. The number of amides is 5. The lowest BCUT2D eigenvalue weighted by Crippen LogP contribution is -2.51. The third-order valence-electron chi connectivity index (χ3n) is 11.9. The molecule has 0 spiro atoms. The molecule has 2 aliphatic rings. The first-order valence-electron chi connectivity index (χ1n) is 23.0. The largest absolute Gasteiger partial charge is 0.481 e. The summed E-state index contributed by atoms with van der Waals surface area (Å²) in [6.45, 7) is 2.21. The van der Waals surface area contributed by atoms with Crippen LogP contribution >= 0.6 is 0 Å². The van der Waals surface area contributed by atoms with E-state index in [-0.39, 0.29) is 121 Å². The highest BCUT2D eigenvalue weighted by Gasteiger charge is 2.28. The summed E-state index contributed by atoms with van der Waals surface area (Å²) < 4.78 is 0. The van der Waals surface area contributed by atoms with Crippen molar-refractivity contribution in [2.75, 3.05) is 91.6 Å². The summed E-state index contributed by atoms with van der Waals surface area (Å²) in [4.78, 5) is 126. The molecule has 25 nitrogen and oxygen atoms in total. The molecule has 1 heterocycles. The van der Waals surface area contributed by atoms with Crippen LogP contribution in [0.1, 0.15) is 73.7 Å². The van der Waals surface area contributed by atoms with E-state index in [1.807, 2.05) is 4.90 Å². The maximum Gasteiger partial charge on any atom is 0.326 e. The van der Waals surface area contributed by atoms with Crippen LogP contribution in [0.3, 0.4) is 0 Å². The van der Waals surface area contributed by atoms with E-state index < -0.39 is 60.4 Å². The maximum atomic E-state index is 13.1. The van der Waals surface area contributed by atoms with Gasteiger partial charge in [0, 0.05) is 89.9 Å². The second-order valence-corrected chi connectivity index (χ2v) is 17.3. The third-order valence-corrected chi connectivity index (χ3v) is 11.9. The second-order valence-electron chi connectivity index (χ2n) is 17.3. The summed E-state index contributed by atoms with van der Waals surface area (Å²) in [6, 6.07) is 2.85. The van der Waals surface area contributed by atoms with Gasteiger partial charge < -0.3 is 57.2 Å². The van der Waals surface area contributed by atoms with Crippen LogP contribution in [0.15, 0.2) is 24.3 Å². The fourth-order valence-corrected chi connectivity index (χ4v) is 7.96. The number of hydrogen-bond donors (Lipinski definition) is 11. The van der Waals surface area contributed by atoms with Crippen molar-refractivity contribution < 1.29 is 78.6 Å². The summed E-state index contributed by atoms with van der Waals surface area (Å²) in [5, 5.41) is 68.7. The predicted molar refractivity (Wildman–Crippen MR) is 243 cm³/mol. The topological polar surface area (TPSA) is 365 Å². The predicted octanol–water partition coefficient (Wildman–Crippen LogP) is -1.33. The number of aliphatic carboxylic acids is 6. The summed E-state index contributed by atoms with van der Waals surface area (Å²) in [7, 11) is 0. The van der Waals surface area contributed by atoms with Gasteiger partial charge in [-0.3, -0.25) is 53.2 Å². The van der Waals surface area contributed by atoms with E-state index in [2.05, 4.69) is 26.6 Å². The Kier molecular flexibility index (Phi) is 24.8. The zero-order chi connectivity index (χ0) is 50.9. The van der Waals surface area contributed by atoms with E-state index in [0.29, 0.717) is 50.9 Å². The fraction of sp³-hybridized carbons (Fsp3) is 0.636. The highest BCUT2D eigenvalue weighted by molar-refractivity contribution is 5.94. The minimum Gasteiger partial charge on any atom is -0.481 e. The lowest BCUT2D eigenvalue weighted by atomic mass is 9.81. The first kappa shape index (κ1) is 56.9. The first-order chi connectivity index (χ1) is 32.8. The van der Waals surface area contributed by atoms with Gasteiger partial charge >= 0.3 is 41.8 Å². The smallest absolute Gasteiger partial charge is 0.326 e. The van der Waals surface area contributed by atoms with Crippen molar-refractivity contribution in [3.05, 3.63) is 35.4 Å². The van der Waals surface area contributed by atoms with Crippen molar-refractivity contribution in [3.8, 4) is 0 Å². The number of nitrogens with one attached hydrogen (secondary N) is 5. The molecule has 2 atom stereocenters. The van der Waals surface area contributed by atoms with Crippen LogP contribution in [0.4, 0.5) is 4.79 Å². The van der Waals surface area contributed by atoms with Crippen LogP contribution in [-0.4, -0.2) is 214 Å². The SMILES string of the molecule is O=C(O)CCC(NC(=O)NC(CCCCNC(=O)C1CCC(CNC(=O)c2ccc(CNC(=O)CN3CCN(CC(=O)O)CCN(CC(=O)O)CCN(CC(=O)O)CC3)cc2)CC1)C(=O)O)C(=O)O. The van der Waals surface area contributed by atoms with Crippen molar-refractivity contribution >= 4 is 59.6 Å². The number of hydrogen-bond acceptors (Lipinski definition) is 14. The van der Waals surface area contributed by atoms with Gasteiger partial charge in [0.25, 0.3) is 5.91 Å². The molecule has 1 aromatic carbocycles. The molecule has 2 unspecified atom stereocenters. The van der Waals surface area contributed by atoms with Gasteiger partial charge in [-0.15, -0.1) is 0 Å². The molecule has 1 saturated carbocycles. The molecule has 0 aromatic heterocycles. The molecule has 3 rings (SSSR count). The lowest BCUT2D eigenvalue weighted by Gasteiger charge is -2.32. The molecular formula is C44H67N9O16. The molecule has 0 bridgehead atoms. The average Bonchev–Trinajstić information content (AvgIpc) is 3.28. The van der Waals surface area contributed by atoms with E-state index in [1.54, 1.807) is 39.0 Å². The number of carbonyl (C=O) groups excluding carboxylic acids is 4. The number of benzene rings is 1. The monoisotopic (exact) mass is 977 g/mol. The third kappa shape index (κ3) is 23.4. The van der Waals surface area contributed by atoms with Crippen LogP contribution < -0.4 is 26.6 Å². The van der Waals surface area contributed by atoms with Gasteiger partial charge in [-0.05, 0) is 75.0 Å². The highest BCUT2D eigenvalue weighted by Crippen LogP contribution is 2.28. The van der Waals surface area contributed by atoms with Crippen LogP contribution in [0.25, 0.3) is 0 Å². The normalized spacial score (nSPS) is 18.7. The molecule has 69 heavy (non-hydrogen) atoms. The molecule has 1 aromatic rings. The molecule has 2 fully saturated rings. The van der Waals surface area contributed by atoms with Crippen molar-refractivity contribution in [3.63, 3.8) is 0 Å². The van der Waals surface area contributed by atoms with E-state index in [0.717, 1.165) is 18.4 Å². The molecule has 384 valence electrons. The number of carboxylic acids is 6. The standard InChI is InChI=1S/C44H67N9O16/c54-35(25-50-15-17-51(26-37(57)58)19-21-53(28-39(61)62)22-20-52(18-16-50)27-38(59)60)46-23-29-4-10-32(11-5-29)41(64)47-24-30-6-8-31(9-7-30)40(63)45-14-2-1-3-33(42(65)66)48-44(69)49-34(43(67)68)12-13-36(55)56/h4-5,10-11,30-31,33-34H,1-3,6-9,12-28H2,(H,45,63)(H,46,54)(H,47,64)(H,55,56)(H,57,58)(H,59,60)(H,61,62)(H,65,66)(H,67,68)(H2,48,49,69). The Bertz CT molecular complexity index is 1880. The zero-order valence-electron chi connectivity index (χ0n) is 38.6. The zero-order valence-corrected chi connectivity index (χ0v) is 38.6. The molecule has 0 radical (unpaired) electrons. The van der Waals surface area contributed by atoms with E-state index in [9.17, 15) is 73.5 Å². The second kappa shape index (κ2) is 30.1. The Labute approximate surface area is 398 Å². The van der Waals surface area contributed by atoms with Gasteiger partial charge in [-0.25, -0.2) is 14.4 Å². The Hall–Kier alpha value is -6.44. The summed E-state index contributed by atoms with van der Waals surface area (Å²) in [5.41, 5.74) is 1.16. The highest BCUT2D eigenvalue weighted by atomic mass is 16.4. The number of unbranched alkanes of at least 4 members (excludes halogenated alkanes) is 1. The van der Waals surface area contributed by atoms with Crippen molar-refractivity contribution in [2.24, 2.45) is 11.8 Å². The van der Waals surface area contributed by atoms with E-state index in [4.69, 9.17) is 5.11 Å². The molecule has 1 aliphatic carbocycles. The molecular weight excluding hydrogens is 911 g/mol. The Morgan fingerprint density at radius 3 is 1.45 bits per heavy atom. The number of carbonyl (C=O) groups is 10. The quantitative estimate of drug-likeness (QED) is 0.0479. The van der Waals surface area contributed by atoms with Crippen molar-refractivity contribution in [1.29, 1.82) is 0 Å². The number of carboxylic acid groups (broad SMARTS) is 6. The average molecular weight is 978 g/mol. The Morgan fingerprint density at radius 2 is 1.00 bits per heavy atom. The Morgan fingerprint density at radius 1 is 0.536 bits per heavy atom. The minimum atomic E-state index is -1.51. The molecule has 5 amide bonds. The number of rotatable bonds is 26. The fourth-order valence-electron chi connectivity index (χ4n) is 7.96. The molecule has 25 heteroatoms. The van der Waals surface area contributed by atoms with E-state index in [1.165, 1.54) is 0 Å². The maximum absolute atomic E-state index is 13.1. The summed E-state index contributed by atoms with van der Waals surface area (Å²) in [5.74, 6) is -7.95. The van der Waals surface area contributed by atoms with Gasteiger partial charge in [-0.1, -0.05) is 12.1 Å². The van der Waals surface area contributed by atoms with Crippen LogP contribution in [0, 0.1) is 11.8 Å². The molecule has 1 saturated heterocycles. The van der Waals surface area contributed by atoms with E-state index >= 15 is 0 Å². The summed E-state index contributed by atoms with van der Waals surface area (Å²) >= 11 is 0. The van der Waals surface area contributed by atoms with Crippen LogP contribution in [0.2, 0.25) is 0 Å². The lowest BCUT2D eigenvalue weighted by molar-refractivity contribution is -0.141. The van der Waals surface area contributed by atoms with Crippen LogP contribution in [-0.2, 0) is 44.9 Å². The van der Waals surface area contributed by atoms with Gasteiger partial charge in [0.05, 0.1) is 26.2 Å². The van der Waals surface area contributed by atoms with Gasteiger partial charge in [0.2, 0.25) is 11.8 Å². The minimum absolute atomic E-state index is 0.00648. The van der Waals surface area contributed by atoms with Gasteiger partial charge in [0.1, 0.15) is 12.1 Å². The Balaban J connectivity index is 1.38. The molecule has 1 aliphatic heterocycles. The summed E-state index contributed by atoms with van der Waals surface area (Å²) in [6.07, 6.45) is 2.54. The number of urea groups is 1. The first-order valence-corrected chi connectivity index (χ1v) is 23.0. The van der Waals surface area contributed by atoms with Gasteiger partial charge in [-0.2, -0.15) is 0 Å². The van der Waals surface area contributed by atoms with Crippen LogP contribution in [0.5, 0.6) is 0 Å².